The highest BCUT2D eigenvalue weighted by Gasteiger charge is 2.23. The second kappa shape index (κ2) is 5.42. The summed E-state index contributed by atoms with van der Waals surface area (Å²) in [7, 11) is 0. The molecular weight excluding hydrogens is 224 g/mol. The number of rotatable bonds is 4. The molecule has 0 aliphatic carbocycles. The van der Waals surface area contributed by atoms with Gasteiger partial charge in [-0.05, 0) is 48.9 Å². The number of carbonyl (C=O) groups is 1. The minimum Gasteiger partial charge on any atom is -0.399 e. The van der Waals surface area contributed by atoms with Gasteiger partial charge in [0.15, 0.2) is 0 Å². The first-order valence-corrected chi connectivity index (χ1v) is 6.76. The van der Waals surface area contributed by atoms with Crippen molar-refractivity contribution in [2.45, 2.75) is 39.5 Å². The third-order valence-electron chi connectivity index (χ3n) is 3.47. The minimum atomic E-state index is 0.246. The van der Waals surface area contributed by atoms with Crippen molar-refractivity contribution in [3.8, 4) is 0 Å². The van der Waals surface area contributed by atoms with Gasteiger partial charge < -0.3 is 10.6 Å². The molecule has 2 N–H and O–H groups in total. The van der Waals surface area contributed by atoms with E-state index in [1.807, 2.05) is 23.1 Å². The number of nitrogens with zero attached hydrogens (tertiary/aromatic N) is 1. The van der Waals surface area contributed by atoms with Gasteiger partial charge in [-0.25, -0.2) is 0 Å². The number of amides is 1. The lowest BCUT2D eigenvalue weighted by atomic mass is 9.99. The van der Waals surface area contributed by atoms with Crippen LogP contribution in [0.1, 0.15) is 38.7 Å². The highest BCUT2D eigenvalue weighted by Crippen LogP contribution is 2.29. The fourth-order valence-corrected chi connectivity index (χ4v) is 2.48. The normalized spacial score (nSPS) is 15.1. The molecule has 0 bridgehead atoms. The quantitative estimate of drug-likeness (QED) is 0.830. The van der Waals surface area contributed by atoms with Crippen molar-refractivity contribution in [3.05, 3.63) is 23.8 Å². The molecule has 0 fully saturated rings. The zero-order chi connectivity index (χ0) is 13.1. The molecule has 0 saturated carbocycles. The van der Waals surface area contributed by atoms with E-state index < -0.39 is 0 Å². The van der Waals surface area contributed by atoms with Gasteiger partial charge in [-0.3, -0.25) is 4.79 Å². The van der Waals surface area contributed by atoms with Gasteiger partial charge in [0.1, 0.15) is 0 Å². The van der Waals surface area contributed by atoms with Gasteiger partial charge in [-0.2, -0.15) is 0 Å². The third kappa shape index (κ3) is 2.84. The van der Waals surface area contributed by atoms with E-state index in [0.29, 0.717) is 12.3 Å². The minimum absolute atomic E-state index is 0.246. The van der Waals surface area contributed by atoms with Gasteiger partial charge in [0, 0.05) is 24.3 Å². The molecule has 1 heterocycles. The van der Waals surface area contributed by atoms with Crippen LogP contribution in [-0.2, 0) is 11.2 Å². The molecule has 1 aromatic rings. The van der Waals surface area contributed by atoms with Crippen molar-refractivity contribution < 1.29 is 4.79 Å². The summed E-state index contributed by atoms with van der Waals surface area (Å²) in [4.78, 5) is 13.9. The number of nitrogen functional groups attached to an aromatic ring is 1. The number of fused-ring (bicyclic) bond motifs is 1. The summed E-state index contributed by atoms with van der Waals surface area (Å²) in [5, 5.41) is 0. The maximum atomic E-state index is 12.0. The molecule has 98 valence electrons. The summed E-state index contributed by atoms with van der Waals surface area (Å²) in [5.74, 6) is 0.937. The zero-order valence-corrected chi connectivity index (χ0v) is 11.3. The SMILES string of the molecule is CC(C)CCCN1C(=O)CCc2cc(N)ccc21. The van der Waals surface area contributed by atoms with E-state index in [1.165, 1.54) is 5.56 Å². The number of anilines is 2. The molecule has 0 aromatic heterocycles. The van der Waals surface area contributed by atoms with Crippen LogP contribution in [0.15, 0.2) is 18.2 Å². The van der Waals surface area contributed by atoms with E-state index in [4.69, 9.17) is 5.73 Å². The van der Waals surface area contributed by atoms with Gasteiger partial charge >= 0.3 is 0 Å². The number of hydrogen-bond donors (Lipinski definition) is 1. The molecule has 1 aliphatic heterocycles. The molecule has 0 atom stereocenters. The standard InChI is InChI=1S/C15H22N2O/c1-11(2)4-3-9-17-14-7-6-13(16)10-12(14)5-8-15(17)18/h6-7,10-11H,3-5,8-9,16H2,1-2H3. The Balaban J connectivity index is 2.12. The van der Waals surface area contributed by atoms with Gasteiger partial charge in [-0.1, -0.05) is 13.8 Å². The molecule has 0 spiro atoms. The van der Waals surface area contributed by atoms with Crippen LogP contribution in [0.5, 0.6) is 0 Å². The smallest absolute Gasteiger partial charge is 0.227 e. The van der Waals surface area contributed by atoms with E-state index in [1.54, 1.807) is 0 Å². The van der Waals surface area contributed by atoms with Crippen LogP contribution in [0.4, 0.5) is 11.4 Å². The Bertz CT molecular complexity index is 440. The number of hydrogen-bond acceptors (Lipinski definition) is 2. The predicted molar refractivity (Wildman–Crippen MR) is 75.6 cm³/mol. The third-order valence-corrected chi connectivity index (χ3v) is 3.47. The molecule has 1 aromatic carbocycles. The maximum absolute atomic E-state index is 12.0. The van der Waals surface area contributed by atoms with E-state index in [-0.39, 0.29) is 5.91 Å². The molecule has 1 aliphatic rings. The van der Waals surface area contributed by atoms with E-state index >= 15 is 0 Å². The summed E-state index contributed by atoms with van der Waals surface area (Å²) in [6.45, 7) is 5.26. The molecule has 18 heavy (non-hydrogen) atoms. The van der Waals surface area contributed by atoms with Crippen molar-refractivity contribution in [2.24, 2.45) is 5.92 Å². The summed E-state index contributed by atoms with van der Waals surface area (Å²) in [6.07, 6.45) is 3.65. The van der Waals surface area contributed by atoms with Gasteiger partial charge in [0.2, 0.25) is 5.91 Å². The Morgan fingerprint density at radius 3 is 2.83 bits per heavy atom. The van der Waals surface area contributed by atoms with Crippen LogP contribution >= 0.6 is 0 Å². The Morgan fingerprint density at radius 2 is 2.11 bits per heavy atom. The molecule has 3 heteroatoms. The average molecular weight is 246 g/mol. The number of benzene rings is 1. The highest BCUT2D eigenvalue weighted by molar-refractivity contribution is 5.96. The number of aryl methyl sites for hydroxylation is 1. The first-order chi connectivity index (χ1) is 8.58. The molecular formula is C15H22N2O. The molecule has 1 amide bonds. The van der Waals surface area contributed by atoms with Crippen LogP contribution in [0, 0.1) is 5.92 Å². The Morgan fingerprint density at radius 1 is 1.33 bits per heavy atom. The first kappa shape index (κ1) is 12.9. The van der Waals surface area contributed by atoms with Crippen molar-refractivity contribution in [1.82, 2.24) is 0 Å². The lowest BCUT2D eigenvalue weighted by Gasteiger charge is -2.30. The Kier molecular flexibility index (Phi) is 3.90. The summed E-state index contributed by atoms with van der Waals surface area (Å²) in [6, 6.07) is 5.86. The van der Waals surface area contributed by atoms with Crippen LogP contribution < -0.4 is 10.6 Å². The summed E-state index contributed by atoms with van der Waals surface area (Å²) < 4.78 is 0. The largest absolute Gasteiger partial charge is 0.399 e. The van der Waals surface area contributed by atoms with Crippen LogP contribution in [0.2, 0.25) is 0 Å². The van der Waals surface area contributed by atoms with Crippen molar-refractivity contribution >= 4 is 17.3 Å². The molecule has 0 radical (unpaired) electrons. The van der Waals surface area contributed by atoms with Crippen LogP contribution in [0.3, 0.4) is 0 Å². The van der Waals surface area contributed by atoms with E-state index in [2.05, 4.69) is 13.8 Å². The second-order valence-corrected chi connectivity index (χ2v) is 5.47. The first-order valence-electron chi connectivity index (χ1n) is 6.76. The average Bonchev–Trinajstić information content (AvgIpc) is 2.31. The molecule has 0 saturated heterocycles. The summed E-state index contributed by atoms with van der Waals surface area (Å²) in [5.41, 5.74) is 8.85. The maximum Gasteiger partial charge on any atom is 0.227 e. The van der Waals surface area contributed by atoms with Crippen LogP contribution in [-0.4, -0.2) is 12.5 Å². The molecule has 0 unspecified atom stereocenters. The second-order valence-electron chi connectivity index (χ2n) is 5.47. The van der Waals surface area contributed by atoms with E-state index in [9.17, 15) is 4.79 Å². The van der Waals surface area contributed by atoms with Crippen molar-refractivity contribution in [2.75, 3.05) is 17.2 Å². The van der Waals surface area contributed by atoms with Crippen molar-refractivity contribution in [1.29, 1.82) is 0 Å². The molecule has 2 rings (SSSR count). The monoisotopic (exact) mass is 246 g/mol. The molecule has 3 nitrogen and oxygen atoms in total. The fourth-order valence-electron chi connectivity index (χ4n) is 2.48. The fraction of sp³-hybridized carbons (Fsp3) is 0.533. The zero-order valence-electron chi connectivity index (χ0n) is 11.3. The van der Waals surface area contributed by atoms with Gasteiger partial charge in [0.25, 0.3) is 0 Å². The van der Waals surface area contributed by atoms with Gasteiger partial charge in [-0.15, -0.1) is 0 Å². The highest BCUT2D eigenvalue weighted by atomic mass is 16.2. The predicted octanol–water partition coefficient (Wildman–Crippen LogP) is 2.98. The Hall–Kier alpha value is -1.51. The van der Waals surface area contributed by atoms with Gasteiger partial charge in [0.05, 0.1) is 0 Å². The topological polar surface area (TPSA) is 46.3 Å². The number of carbonyl (C=O) groups excluding carboxylic acids is 1. The number of nitrogens with two attached hydrogens (primary N) is 1. The van der Waals surface area contributed by atoms with E-state index in [0.717, 1.165) is 37.2 Å². The summed E-state index contributed by atoms with van der Waals surface area (Å²) >= 11 is 0. The lowest BCUT2D eigenvalue weighted by molar-refractivity contribution is -0.118. The Labute approximate surface area is 109 Å². The van der Waals surface area contributed by atoms with Crippen LogP contribution in [0.25, 0.3) is 0 Å². The van der Waals surface area contributed by atoms with Crippen molar-refractivity contribution in [3.63, 3.8) is 0 Å². The lowest BCUT2D eigenvalue weighted by Crippen LogP contribution is -2.36.